The van der Waals surface area contributed by atoms with Crippen LogP contribution < -0.4 is 10.3 Å². The SMILES string of the molecule is CN(C)C(=O)c1cc2c(-c3cc(S(C)(=O)=O)ccc3Oc3ccc(F)cc3F)cn(C)c(=O)c2[nH]1. The minimum Gasteiger partial charge on any atom is -0.454 e. The van der Waals surface area contributed by atoms with E-state index in [1.807, 2.05) is 0 Å². The van der Waals surface area contributed by atoms with Crippen LogP contribution in [-0.4, -0.2) is 49.1 Å². The van der Waals surface area contributed by atoms with Crippen molar-refractivity contribution in [3.05, 3.63) is 76.3 Å². The number of aromatic amines is 1. The smallest absolute Gasteiger partial charge is 0.274 e. The Balaban J connectivity index is 2.02. The zero-order valence-corrected chi connectivity index (χ0v) is 20.0. The van der Waals surface area contributed by atoms with Crippen molar-refractivity contribution in [2.75, 3.05) is 20.4 Å². The number of nitrogens with zero attached hydrogens (tertiary/aromatic N) is 2. The summed E-state index contributed by atoms with van der Waals surface area (Å²) in [5, 5.41) is 0.341. The van der Waals surface area contributed by atoms with Gasteiger partial charge in [-0.05, 0) is 36.4 Å². The van der Waals surface area contributed by atoms with Crippen molar-refractivity contribution < 1.29 is 26.7 Å². The number of amides is 1. The van der Waals surface area contributed by atoms with Gasteiger partial charge in [0.15, 0.2) is 21.4 Å². The Morgan fingerprint density at radius 2 is 1.71 bits per heavy atom. The summed E-state index contributed by atoms with van der Waals surface area (Å²) in [5.74, 6) is -2.33. The third-order valence-electron chi connectivity index (χ3n) is 5.38. The Hall–Kier alpha value is -3.99. The van der Waals surface area contributed by atoms with Crippen molar-refractivity contribution in [1.29, 1.82) is 0 Å². The summed E-state index contributed by atoms with van der Waals surface area (Å²) in [6.07, 6.45) is 2.50. The number of benzene rings is 2. The summed E-state index contributed by atoms with van der Waals surface area (Å²) >= 11 is 0. The van der Waals surface area contributed by atoms with E-state index >= 15 is 0 Å². The second-order valence-corrected chi connectivity index (χ2v) is 10.3. The maximum absolute atomic E-state index is 14.3. The van der Waals surface area contributed by atoms with Crippen LogP contribution >= 0.6 is 0 Å². The average Bonchev–Trinajstić information content (AvgIpc) is 3.23. The van der Waals surface area contributed by atoms with Gasteiger partial charge in [-0.25, -0.2) is 17.2 Å². The number of aromatic nitrogens is 2. The lowest BCUT2D eigenvalue weighted by Crippen LogP contribution is -2.22. The van der Waals surface area contributed by atoms with Crippen LogP contribution in [0.15, 0.2) is 58.4 Å². The van der Waals surface area contributed by atoms with Crippen molar-refractivity contribution in [2.45, 2.75) is 4.90 Å². The minimum atomic E-state index is -3.64. The van der Waals surface area contributed by atoms with Crippen molar-refractivity contribution in [3.8, 4) is 22.6 Å². The fourth-order valence-corrected chi connectivity index (χ4v) is 4.27. The van der Waals surface area contributed by atoms with E-state index in [0.29, 0.717) is 17.0 Å². The van der Waals surface area contributed by atoms with Gasteiger partial charge in [0.2, 0.25) is 0 Å². The molecular formula is C24H21F2N3O5S. The summed E-state index contributed by atoms with van der Waals surface area (Å²) in [6.45, 7) is 0. The van der Waals surface area contributed by atoms with Crippen LogP contribution in [0.3, 0.4) is 0 Å². The molecule has 4 aromatic rings. The van der Waals surface area contributed by atoms with E-state index in [9.17, 15) is 26.8 Å². The van der Waals surface area contributed by atoms with E-state index in [2.05, 4.69) is 4.98 Å². The predicted octanol–water partition coefficient (Wildman–Crippen LogP) is 3.71. The third-order valence-corrected chi connectivity index (χ3v) is 6.49. The first-order valence-electron chi connectivity index (χ1n) is 10.3. The molecule has 0 aliphatic carbocycles. The molecular weight excluding hydrogens is 480 g/mol. The lowest BCUT2D eigenvalue weighted by atomic mass is 10.0. The molecule has 2 aromatic carbocycles. The molecule has 0 spiro atoms. The van der Waals surface area contributed by atoms with Gasteiger partial charge in [0.1, 0.15) is 22.8 Å². The van der Waals surface area contributed by atoms with E-state index < -0.39 is 27.0 Å². The average molecular weight is 502 g/mol. The molecule has 0 atom stereocenters. The van der Waals surface area contributed by atoms with Crippen molar-refractivity contribution >= 4 is 26.6 Å². The molecule has 8 nitrogen and oxygen atoms in total. The monoisotopic (exact) mass is 501 g/mol. The standard InChI is InChI=1S/C24H21F2N3O5S/c1-28(2)23(30)19-11-16-17(12-29(3)24(31)22(16)27-19)15-10-14(35(4,32)33)6-8-20(15)34-21-7-5-13(25)9-18(21)26/h5-12,27H,1-4H3. The van der Waals surface area contributed by atoms with Gasteiger partial charge >= 0.3 is 0 Å². The predicted molar refractivity (Wildman–Crippen MR) is 127 cm³/mol. The lowest BCUT2D eigenvalue weighted by molar-refractivity contribution is 0.0823. The number of carbonyl (C=O) groups excluding carboxylic acids is 1. The second kappa shape index (κ2) is 8.66. The molecule has 0 saturated carbocycles. The highest BCUT2D eigenvalue weighted by Gasteiger charge is 2.21. The Bertz CT molecular complexity index is 1660. The molecule has 1 N–H and O–H groups in total. The minimum absolute atomic E-state index is 0.0402. The van der Waals surface area contributed by atoms with Gasteiger partial charge in [0.05, 0.1) is 4.90 Å². The van der Waals surface area contributed by atoms with Gasteiger partial charge in [-0.15, -0.1) is 0 Å². The number of ether oxygens (including phenoxy) is 1. The van der Waals surface area contributed by atoms with Crippen LogP contribution in [-0.2, 0) is 16.9 Å². The third kappa shape index (κ3) is 4.54. The first-order valence-corrected chi connectivity index (χ1v) is 12.2. The first kappa shape index (κ1) is 24.1. The molecule has 11 heteroatoms. The van der Waals surface area contributed by atoms with E-state index in [-0.39, 0.29) is 39.1 Å². The zero-order valence-electron chi connectivity index (χ0n) is 19.2. The quantitative estimate of drug-likeness (QED) is 0.449. The molecule has 0 radical (unpaired) electrons. The molecule has 0 bridgehead atoms. The Labute approximate surface area is 199 Å². The lowest BCUT2D eigenvalue weighted by Gasteiger charge is -2.15. The molecule has 0 fully saturated rings. The van der Waals surface area contributed by atoms with Crippen LogP contribution in [0.25, 0.3) is 22.0 Å². The Morgan fingerprint density at radius 3 is 2.34 bits per heavy atom. The van der Waals surface area contributed by atoms with Crippen LogP contribution in [0, 0.1) is 11.6 Å². The van der Waals surface area contributed by atoms with Gasteiger partial charge in [0, 0.05) is 56.2 Å². The number of rotatable bonds is 5. The number of fused-ring (bicyclic) bond motifs is 1. The summed E-state index contributed by atoms with van der Waals surface area (Å²) in [6, 6.07) is 8.28. The number of nitrogens with one attached hydrogen (secondary N) is 1. The number of carbonyl (C=O) groups is 1. The highest BCUT2D eigenvalue weighted by atomic mass is 32.2. The highest BCUT2D eigenvalue weighted by Crippen LogP contribution is 2.39. The van der Waals surface area contributed by atoms with Crippen LogP contribution in [0.4, 0.5) is 8.78 Å². The maximum Gasteiger partial charge on any atom is 0.274 e. The Morgan fingerprint density at radius 1 is 1.03 bits per heavy atom. The van der Waals surface area contributed by atoms with Gasteiger partial charge in [-0.3, -0.25) is 9.59 Å². The molecule has 0 saturated heterocycles. The molecule has 0 aliphatic heterocycles. The number of hydrogen-bond donors (Lipinski definition) is 1. The molecule has 4 rings (SSSR count). The van der Waals surface area contributed by atoms with E-state index in [0.717, 1.165) is 18.4 Å². The maximum atomic E-state index is 14.3. The summed E-state index contributed by atoms with van der Waals surface area (Å²) in [5.41, 5.74) is 0.451. The summed E-state index contributed by atoms with van der Waals surface area (Å²) in [7, 11) is 0.978. The molecule has 1 amide bonds. The highest BCUT2D eigenvalue weighted by molar-refractivity contribution is 7.90. The van der Waals surface area contributed by atoms with Crippen LogP contribution in [0.2, 0.25) is 0 Å². The van der Waals surface area contributed by atoms with E-state index in [4.69, 9.17) is 4.74 Å². The van der Waals surface area contributed by atoms with Gasteiger partial charge in [-0.1, -0.05) is 0 Å². The molecule has 2 heterocycles. The largest absolute Gasteiger partial charge is 0.454 e. The number of pyridine rings is 1. The normalized spacial score (nSPS) is 11.6. The number of aryl methyl sites for hydroxylation is 1. The summed E-state index contributed by atoms with van der Waals surface area (Å²) < 4.78 is 59.2. The molecule has 2 aromatic heterocycles. The van der Waals surface area contributed by atoms with Gasteiger partial charge in [-0.2, -0.15) is 0 Å². The number of sulfone groups is 1. The molecule has 0 unspecified atom stereocenters. The van der Waals surface area contributed by atoms with Crippen molar-refractivity contribution in [1.82, 2.24) is 14.5 Å². The van der Waals surface area contributed by atoms with Gasteiger partial charge in [0.25, 0.3) is 11.5 Å². The fraction of sp³-hybridized carbons (Fsp3) is 0.167. The van der Waals surface area contributed by atoms with E-state index in [1.165, 1.54) is 47.0 Å². The Kier molecular flexibility index (Phi) is 5.97. The second-order valence-electron chi connectivity index (χ2n) is 8.24. The van der Waals surface area contributed by atoms with E-state index in [1.54, 1.807) is 14.1 Å². The topological polar surface area (TPSA) is 101 Å². The van der Waals surface area contributed by atoms with Gasteiger partial charge < -0.3 is 19.2 Å². The van der Waals surface area contributed by atoms with Crippen molar-refractivity contribution in [2.24, 2.45) is 7.05 Å². The van der Waals surface area contributed by atoms with Crippen molar-refractivity contribution in [3.63, 3.8) is 0 Å². The zero-order chi connectivity index (χ0) is 25.7. The van der Waals surface area contributed by atoms with Crippen LogP contribution in [0.1, 0.15) is 10.5 Å². The van der Waals surface area contributed by atoms with Crippen LogP contribution in [0.5, 0.6) is 11.5 Å². The number of hydrogen-bond acceptors (Lipinski definition) is 5. The first-order chi connectivity index (χ1) is 16.4. The number of H-pyrrole nitrogens is 1. The fourth-order valence-electron chi connectivity index (χ4n) is 3.62. The molecule has 182 valence electrons. The molecule has 0 aliphatic rings. The molecule has 35 heavy (non-hydrogen) atoms. The number of halogens is 2. The summed E-state index contributed by atoms with van der Waals surface area (Å²) in [4.78, 5) is 29.5.